The van der Waals surface area contributed by atoms with Crippen LogP contribution >= 0.6 is 0 Å². The Bertz CT molecular complexity index is 99.1. The van der Waals surface area contributed by atoms with Gasteiger partial charge in [0.2, 0.25) is 0 Å². The van der Waals surface area contributed by atoms with E-state index in [0.717, 1.165) is 0 Å². The average Bonchev–Trinajstić information content (AvgIpc) is 1.63. The highest BCUT2D eigenvalue weighted by molar-refractivity contribution is 5.75. The Labute approximate surface area is 56.4 Å². The molecule has 2 nitrogen and oxygen atoms in total. The molecule has 0 aromatic carbocycles. The first kappa shape index (κ1) is 8.63. The molecule has 2 atom stereocenters. The van der Waals surface area contributed by atoms with Gasteiger partial charge in [0, 0.05) is 12.5 Å². The van der Waals surface area contributed by atoms with Crippen molar-refractivity contribution in [2.24, 2.45) is 11.7 Å². The molecule has 0 aliphatic rings. The number of hydrogen-bond acceptors (Lipinski definition) is 2. The smallest absolute Gasteiger partial charge is 0.130 e. The molecular formula is C7H15NO. The molecule has 0 amide bonds. The van der Waals surface area contributed by atoms with E-state index in [9.17, 15) is 4.79 Å². The molecule has 0 aromatic heterocycles. The van der Waals surface area contributed by atoms with Crippen LogP contribution in [0.25, 0.3) is 0 Å². The fraction of sp³-hybridized carbons (Fsp3) is 0.857. The number of nitrogens with two attached hydrogens (primary N) is 1. The predicted octanol–water partition coefficient (Wildman–Crippen LogP) is 0.949. The topological polar surface area (TPSA) is 43.1 Å². The van der Waals surface area contributed by atoms with Crippen LogP contribution in [0.4, 0.5) is 0 Å². The first-order valence-electron chi connectivity index (χ1n) is 3.29. The third-order valence-corrected chi connectivity index (χ3v) is 1.51. The van der Waals surface area contributed by atoms with Crippen molar-refractivity contribution in [3.63, 3.8) is 0 Å². The van der Waals surface area contributed by atoms with Crippen LogP contribution in [0.15, 0.2) is 0 Å². The van der Waals surface area contributed by atoms with Gasteiger partial charge in [-0.15, -0.1) is 0 Å². The predicted molar refractivity (Wildman–Crippen MR) is 38.1 cm³/mol. The molecule has 0 aliphatic heterocycles. The Morgan fingerprint density at radius 1 is 1.56 bits per heavy atom. The Hall–Kier alpha value is -0.370. The summed E-state index contributed by atoms with van der Waals surface area (Å²) >= 11 is 0. The number of Topliss-reactive ketones (excluding diaryl/α,β-unsaturated/α-hetero) is 1. The summed E-state index contributed by atoms with van der Waals surface area (Å²) in [5.41, 5.74) is 5.53. The van der Waals surface area contributed by atoms with Crippen LogP contribution < -0.4 is 5.73 Å². The van der Waals surface area contributed by atoms with Crippen molar-refractivity contribution in [1.82, 2.24) is 0 Å². The summed E-state index contributed by atoms with van der Waals surface area (Å²) in [7, 11) is 0. The number of hydrogen-bond donors (Lipinski definition) is 1. The highest BCUT2D eigenvalue weighted by Gasteiger charge is 2.08. The maximum absolute atomic E-state index is 10.5. The Kier molecular flexibility index (Phi) is 3.47. The summed E-state index contributed by atoms with van der Waals surface area (Å²) in [4.78, 5) is 10.5. The van der Waals surface area contributed by atoms with Crippen molar-refractivity contribution < 1.29 is 4.79 Å². The van der Waals surface area contributed by atoms with Gasteiger partial charge in [-0.3, -0.25) is 0 Å². The molecule has 0 spiro atoms. The molecular weight excluding hydrogens is 114 g/mol. The Morgan fingerprint density at radius 2 is 2.00 bits per heavy atom. The van der Waals surface area contributed by atoms with Crippen LogP contribution in [0.3, 0.4) is 0 Å². The second-order valence-corrected chi connectivity index (χ2v) is 2.74. The van der Waals surface area contributed by atoms with Gasteiger partial charge in [0.1, 0.15) is 5.78 Å². The first-order chi connectivity index (χ1) is 4.04. The molecule has 0 bridgehead atoms. The van der Waals surface area contributed by atoms with E-state index < -0.39 is 0 Å². The highest BCUT2D eigenvalue weighted by atomic mass is 16.1. The van der Waals surface area contributed by atoms with Crippen molar-refractivity contribution in [3.8, 4) is 0 Å². The molecule has 0 fully saturated rings. The van der Waals surface area contributed by atoms with Crippen molar-refractivity contribution in [2.45, 2.75) is 33.2 Å². The lowest BCUT2D eigenvalue weighted by Gasteiger charge is -2.12. The van der Waals surface area contributed by atoms with Crippen LogP contribution in [0.2, 0.25) is 0 Å². The van der Waals surface area contributed by atoms with Gasteiger partial charge in [0.15, 0.2) is 0 Å². The van der Waals surface area contributed by atoms with E-state index in [1.165, 1.54) is 0 Å². The van der Waals surface area contributed by atoms with E-state index in [-0.39, 0.29) is 11.8 Å². The minimum atomic E-state index is 0.133. The normalized spacial score (nSPS) is 16.9. The molecule has 0 saturated heterocycles. The van der Waals surface area contributed by atoms with Crippen LogP contribution in [0, 0.1) is 5.92 Å². The summed E-state index contributed by atoms with van der Waals surface area (Å²) in [6.45, 7) is 5.51. The fourth-order valence-electron chi connectivity index (χ4n) is 0.639. The van der Waals surface area contributed by atoms with Gasteiger partial charge in [-0.1, -0.05) is 6.92 Å². The van der Waals surface area contributed by atoms with Crippen molar-refractivity contribution >= 4 is 5.78 Å². The number of ketones is 1. The SMILES string of the molecule is CC(=O)CC(C)C(C)N. The second kappa shape index (κ2) is 3.62. The summed E-state index contributed by atoms with van der Waals surface area (Å²) < 4.78 is 0. The quantitative estimate of drug-likeness (QED) is 0.616. The molecule has 54 valence electrons. The van der Waals surface area contributed by atoms with E-state index >= 15 is 0 Å². The highest BCUT2D eigenvalue weighted by Crippen LogP contribution is 2.04. The van der Waals surface area contributed by atoms with E-state index in [1.807, 2.05) is 13.8 Å². The van der Waals surface area contributed by atoms with Gasteiger partial charge >= 0.3 is 0 Å². The second-order valence-electron chi connectivity index (χ2n) is 2.74. The number of carbonyl (C=O) groups excluding carboxylic acids is 1. The maximum atomic E-state index is 10.5. The zero-order valence-electron chi connectivity index (χ0n) is 6.35. The van der Waals surface area contributed by atoms with Gasteiger partial charge in [0.25, 0.3) is 0 Å². The van der Waals surface area contributed by atoms with Crippen molar-refractivity contribution in [1.29, 1.82) is 0 Å². The van der Waals surface area contributed by atoms with E-state index in [0.29, 0.717) is 12.3 Å². The average molecular weight is 129 g/mol. The lowest BCUT2D eigenvalue weighted by Crippen LogP contribution is -2.25. The Balaban J connectivity index is 3.50. The van der Waals surface area contributed by atoms with Gasteiger partial charge < -0.3 is 10.5 Å². The largest absolute Gasteiger partial charge is 0.328 e. The lowest BCUT2D eigenvalue weighted by molar-refractivity contribution is -0.117. The van der Waals surface area contributed by atoms with Crippen LogP contribution in [-0.2, 0) is 4.79 Å². The van der Waals surface area contributed by atoms with Crippen LogP contribution in [0.5, 0.6) is 0 Å². The molecule has 0 rings (SSSR count). The number of rotatable bonds is 3. The van der Waals surface area contributed by atoms with Crippen molar-refractivity contribution in [2.75, 3.05) is 0 Å². The summed E-state index contributed by atoms with van der Waals surface area (Å²) in [5, 5.41) is 0. The van der Waals surface area contributed by atoms with E-state index in [4.69, 9.17) is 5.73 Å². The Morgan fingerprint density at radius 3 is 2.11 bits per heavy atom. The van der Waals surface area contributed by atoms with E-state index in [2.05, 4.69) is 0 Å². The lowest BCUT2D eigenvalue weighted by atomic mass is 9.99. The molecule has 0 aliphatic carbocycles. The zero-order valence-corrected chi connectivity index (χ0v) is 6.35. The monoisotopic (exact) mass is 129 g/mol. The summed E-state index contributed by atoms with van der Waals surface area (Å²) in [5.74, 6) is 0.544. The molecule has 2 heteroatoms. The third kappa shape index (κ3) is 4.15. The minimum absolute atomic E-state index is 0.133. The zero-order chi connectivity index (χ0) is 7.44. The molecule has 9 heavy (non-hydrogen) atoms. The molecule has 2 unspecified atom stereocenters. The van der Waals surface area contributed by atoms with Gasteiger partial charge in [-0.25, -0.2) is 0 Å². The minimum Gasteiger partial charge on any atom is -0.328 e. The first-order valence-corrected chi connectivity index (χ1v) is 3.29. The third-order valence-electron chi connectivity index (χ3n) is 1.51. The van der Waals surface area contributed by atoms with Crippen LogP contribution in [0.1, 0.15) is 27.2 Å². The van der Waals surface area contributed by atoms with Gasteiger partial charge in [-0.05, 0) is 19.8 Å². The summed E-state index contributed by atoms with van der Waals surface area (Å²) in [6, 6.07) is 0.133. The standard InChI is InChI=1S/C7H15NO/c1-5(7(3)8)4-6(2)9/h5,7H,4,8H2,1-3H3. The van der Waals surface area contributed by atoms with Gasteiger partial charge in [-0.2, -0.15) is 0 Å². The molecule has 0 saturated carbocycles. The molecule has 0 aromatic rings. The fourth-order valence-corrected chi connectivity index (χ4v) is 0.639. The molecule has 0 heterocycles. The molecule has 2 N–H and O–H groups in total. The van der Waals surface area contributed by atoms with Crippen molar-refractivity contribution in [3.05, 3.63) is 0 Å². The van der Waals surface area contributed by atoms with Crippen LogP contribution in [-0.4, -0.2) is 11.8 Å². The van der Waals surface area contributed by atoms with E-state index in [1.54, 1.807) is 6.92 Å². The van der Waals surface area contributed by atoms with Gasteiger partial charge in [0.05, 0.1) is 0 Å². The maximum Gasteiger partial charge on any atom is 0.130 e. The number of carbonyl (C=O) groups is 1. The molecule has 0 radical (unpaired) electrons. The summed E-state index contributed by atoms with van der Waals surface area (Å²) in [6.07, 6.45) is 0.609.